The monoisotopic (exact) mass is 384 g/mol. The number of fused-ring (bicyclic) bond motifs is 2. The largest absolute Gasteiger partial charge is 0.454 e. The molecule has 0 radical (unpaired) electrons. The van der Waals surface area contributed by atoms with Crippen LogP contribution in [0, 0.1) is 0 Å². The van der Waals surface area contributed by atoms with Crippen LogP contribution in [-0.4, -0.2) is 10.6 Å². The fourth-order valence-electron chi connectivity index (χ4n) is 3.46. The number of nitrogens with zero attached hydrogens (tertiary/aromatic N) is 2. The Kier molecular flexibility index (Phi) is 4.16. The Labute approximate surface area is 169 Å². The van der Waals surface area contributed by atoms with Gasteiger partial charge in [-0.15, -0.1) is 0 Å². The first-order valence-corrected chi connectivity index (χ1v) is 10.1. The van der Waals surface area contributed by atoms with Crippen LogP contribution >= 0.6 is 0 Å². The first kappa shape index (κ1) is 17.9. The van der Waals surface area contributed by atoms with Crippen molar-refractivity contribution in [2.24, 2.45) is 5.16 Å². The van der Waals surface area contributed by atoms with Crippen LogP contribution in [0.5, 0.6) is 0 Å². The third-order valence-corrected chi connectivity index (χ3v) is 5.12. The second-order valence-electron chi connectivity index (χ2n) is 8.74. The maximum absolute atomic E-state index is 6.25. The van der Waals surface area contributed by atoms with Crippen molar-refractivity contribution < 1.29 is 9.25 Å². The van der Waals surface area contributed by atoms with Crippen molar-refractivity contribution in [3.63, 3.8) is 0 Å². The fourth-order valence-corrected chi connectivity index (χ4v) is 3.46. The van der Waals surface area contributed by atoms with Crippen LogP contribution in [0.2, 0.25) is 0 Å². The number of benzene rings is 2. The summed E-state index contributed by atoms with van der Waals surface area (Å²) in [7, 11) is 0. The van der Waals surface area contributed by atoms with Gasteiger partial charge in [-0.05, 0) is 68.7 Å². The molecule has 2 aromatic carbocycles. The van der Waals surface area contributed by atoms with E-state index in [1.165, 1.54) is 18.4 Å². The zero-order chi connectivity index (χ0) is 20.0. The fraction of sp³-hybridized carbons (Fsp3) is 0.280. The number of hydrogen-bond acceptors (Lipinski definition) is 4. The van der Waals surface area contributed by atoms with E-state index in [9.17, 15) is 0 Å². The molecule has 5 rings (SSSR count). The highest BCUT2D eigenvalue weighted by molar-refractivity contribution is 5.85. The Bertz CT molecular complexity index is 1280. The summed E-state index contributed by atoms with van der Waals surface area (Å²) in [6, 6.07) is 18.6. The maximum Gasteiger partial charge on any atom is 0.155 e. The lowest BCUT2D eigenvalue weighted by Gasteiger charge is -2.15. The number of hydrogen-bond donors (Lipinski definition) is 0. The molecule has 4 aromatic rings. The average Bonchev–Trinajstić information content (AvgIpc) is 3.56. The van der Waals surface area contributed by atoms with Crippen LogP contribution < -0.4 is 5.36 Å². The lowest BCUT2D eigenvalue weighted by atomic mass is 10.1. The number of rotatable bonds is 3. The molecular weight excluding hydrogens is 360 g/mol. The Hall–Kier alpha value is -3.14. The quantitative estimate of drug-likeness (QED) is 0.398. The van der Waals surface area contributed by atoms with Crippen LogP contribution in [0.25, 0.3) is 33.2 Å². The van der Waals surface area contributed by atoms with Gasteiger partial charge in [0.2, 0.25) is 0 Å². The van der Waals surface area contributed by atoms with Crippen LogP contribution in [0.3, 0.4) is 0 Å². The minimum atomic E-state index is -0.366. The maximum atomic E-state index is 6.25. The van der Waals surface area contributed by atoms with Gasteiger partial charge >= 0.3 is 0 Å². The van der Waals surface area contributed by atoms with Crippen molar-refractivity contribution in [2.45, 2.75) is 45.1 Å². The third-order valence-electron chi connectivity index (χ3n) is 5.12. The van der Waals surface area contributed by atoms with Gasteiger partial charge in [0, 0.05) is 23.0 Å². The summed E-state index contributed by atoms with van der Waals surface area (Å²) in [5, 5.41) is 8.46. The molecule has 0 amide bonds. The molecule has 0 atom stereocenters. The Morgan fingerprint density at radius 2 is 1.79 bits per heavy atom. The smallest absolute Gasteiger partial charge is 0.155 e. The van der Waals surface area contributed by atoms with E-state index in [4.69, 9.17) is 9.25 Å². The molecule has 1 aliphatic carbocycles. The SMILES string of the molecule is CC(C)(C)ON=c1cc(-c2cc3ccccc3cn2)oc2ccc(C3CC3)cc12. The van der Waals surface area contributed by atoms with Gasteiger partial charge < -0.3 is 9.25 Å². The molecule has 29 heavy (non-hydrogen) atoms. The van der Waals surface area contributed by atoms with Crippen LogP contribution in [0.15, 0.2) is 70.4 Å². The van der Waals surface area contributed by atoms with Gasteiger partial charge in [-0.1, -0.05) is 35.5 Å². The molecule has 0 unspecified atom stereocenters. The molecule has 2 heterocycles. The molecule has 146 valence electrons. The molecule has 2 aromatic heterocycles. The van der Waals surface area contributed by atoms with E-state index in [2.05, 4.69) is 34.4 Å². The second-order valence-corrected chi connectivity index (χ2v) is 8.74. The molecule has 0 bridgehead atoms. The first-order chi connectivity index (χ1) is 14.0. The summed E-state index contributed by atoms with van der Waals surface area (Å²) in [4.78, 5) is 10.4. The molecule has 4 heteroatoms. The van der Waals surface area contributed by atoms with Crippen molar-refractivity contribution in [2.75, 3.05) is 0 Å². The Balaban J connectivity index is 1.70. The zero-order valence-electron chi connectivity index (χ0n) is 17.0. The van der Waals surface area contributed by atoms with Gasteiger partial charge in [0.05, 0.1) is 0 Å². The Morgan fingerprint density at radius 3 is 2.55 bits per heavy atom. The normalized spacial score (nSPS) is 15.2. The predicted octanol–water partition coefficient (Wildman–Crippen LogP) is 6.16. The molecule has 4 nitrogen and oxygen atoms in total. The lowest BCUT2D eigenvalue weighted by Crippen LogP contribution is -2.18. The van der Waals surface area contributed by atoms with Crippen LogP contribution in [-0.2, 0) is 4.84 Å². The summed E-state index contributed by atoms with van der Waals surface area (Å²) in [6.07, 6.45) is 4.39. The molecular formula is C25H24N2O2. The minimum absolute atomic E-state index is 0.366. The topological polar surface area (TPSA) is 47.6 Å². The zero-order valence-corrected chi connectivity index (χ0v) is 17.0. The molecule has 0 spiro atoms. The Morgan fingerprint density at radius 1 is 1.00 bits per heavy atom. The number of pyridine rings is 1. The molecule has 1 aliphatic rings. The van der Waals surface area contributed by atoms with E-state index in [0.29, 0.717) is 11.7 Å². The third kappa shape index (κ3) is 3.75. The van der Waals surface area contributed by atoms with E-state index in [1.807, 2.05) is 57.3 Å². The predicted molar refractivity (Wildman–Crippen MR) is 115 cm³/mol. The second kappa shape index (κ2) is 6.73. The van der Waals surface area contributed by atoms with E-state index in [-0.39, 0.29) is 5.60 Å². The van der Waals surface area contributed by atoms with Crippen LogP contribution in [0.1, 0.15) is 45.1 Å². The van der Waals surface area contributed by atoms with Crippen molar-refractivity contribution in [3.8, 4) is 11.5 Å². The van der Waals surface area contributed by atoms with Gasteiger partial charge in [0.15, 0.2) is 5.76 Å². The minimum Gasteiger partial charge on any atom is -0.454 e. The van der Waals surface area contributed by atoms with Gasteiger partial charge in [-0.2, -0.15) is 0 Å². The summed E-state index contributed by atoms with van der Waals surface area (Å²) in [6.45, 7) is 5.98. The average molecular weight is 384 g/mol. The van der Waals surface area contributed by atoms with Crippen molar-refractivity contribution in [3.05, 3.63) is 71.7 Å². The molecule has 0 saturated heterocycles. The van der Waals surface area contributed by atoms with Crippen LogP contribution in [0.4, 0.5) is 0 Å². The summed E-state index contributed by atoms with van der Waals surface area (Å²) < 4.78 is 6.25. The standard InChI is InChI=1S/C25H24N2O2/c1-25(2,3)29-27-21-14-24(22-13-17-6-4-5-7-19(17)15-26-22)28-23-11-10-18(12-20(21)23)16-8-9-16/h4-7,10-16H,8-9H2,1-3H3. The van der Waals surface area contributed by atoms with Crippen molar-refractivity contribution >= 4 is 21.7 Å². The molecule has 1 fully saturated rings. The van der Waals surface area contributed by atoms with Gasteiger partial charge in [-0.3, -0.25) is 4.98 Å². The van der Waals surface area contributed by atoms with Gasteiger partial charge in [0.1, 0.15) is 22.2 Å². The van der Waals surface area contributed by atoms with E-state index in [0.717, 1.165) is 32.8 Å². The first-order valence-electron chi connectivity index (χ1n) is 10.1. The van der Waals surface area contributed by atoms with E-state index < -0.39 is 0 Å². The highest BCUT2D eigenvalue weighted by Crippen LogP contribution is 2.40. The summed E-state index contributed by atoms with van der Waals surface area (Å²) in [5.74, 6) is 1.34. The molecule has 0 N–H and O–H groups in total. The van der Waals surface area contributed by atoms with E-state index >= 15 is 0 Å². The summed E-state index contributed by atoms with van der Waals surface area (Å²) in [5.41, 5.74) is 2.55. The number of aromatic nitrogens is 1. The van der Waals surface area contributed by atoms with Crippen molar-refractivity contribution in [1.82, 2.24) is 4.98 Å². The highest BCUT2D eigenvalue weighted by atomic mass is 16.6. The lowest BCUT2D eigenvalue weighted by molar-refractivity contribution is -0.00585. The highest BCUT2D eigenvalue weighted by Gasteiger charge is 2.24. The van der Waals surface area contributed by atoms with Gasteiger partial charge in [0.25, 0.3) is 0 Å². The van der Waals surface area contributed by atoms with Gasteiger partial charge in [-0.25, -0.2) is 0 Å². The molecule has 1 saturated carbocycles. The van der Waals surface area contributed by atoms with Crippen molar-refractivity contribution in [1.29, 1.82) is 0 Å². The molecule has 0 aliphatic heterocycles. The summed E-state index contributed by atoms with van der Waals surface area (Å²) >= 11 is 0. The van der Waals surface area contributed by atoms with E-state index in [1.54, 1.807) is 0 Å².